The molecule has 7 nitrogen and oxygen atoms in total. The second-order valence-electron chi connectivity index (χ2n) is 9.80. The zero-order valence-electron chi connectivity index (χ0n) is 20.7. The molecule has 0 radical (unpaired) electrons. The van der Waals surface area contributed by atoms with Crippen LogP contribution in [0.15, 0.2) is 75.4 Å². The molecule has 4 aliphatic rings. The van der Waals surface area contributed by atoms with Crippen molar-refractivity contribution < 1.29 is 31.6 Å². The highest BCUT2D eigenvalue weighted by molar-refractivity contribution is 8.00. The van der Waals surface area contributed by atoms with Gasteiger partial charge in [0.2, 0.25) is 0 Å². The number of aryl methyl sites for hydroxylation is 2. The summed E-state index contributed by atoms with van der Waals surface area (Å²) >= 11 is 0. The van der Waals surface area contributed by atoms with Gasteiger partial charge in [-0.2, -0.15) is 8.42 Å². The summed E-state index contributed by atoms with van der Waals surface area (Å²) in [6.07, 6.45) is 6.66. The summed E-state index contributed by atoms with van der Waals surface area (Å²) in [4.78, 5) is 16.4. The van der Waals surface area contributed by atoms with Crippen LogP contribution >= 0.6 is 0 Å². The lowest BCUT2D eigenvalue weighted by Gasteiger charge is -2.22. The molecule has 9 heteroatoms. The van der Waals surface area contributed by atoms with E-state index in [2.05, 4.69) is 54.6 Å². The van der Waals surface area contributed by atoms with Crippen molar-refractivity contribution in [3.8, 4) is 5.75 Å². The van der Waals surface area contributed by atoms with E-state index in [1.54, 1.807) is 0 Å². The van der Waals surface area contributed by atoms with Crippen molar-refractivity contribution in [3.05, 3.63) is 76.7 Å². The largest absolute Gasteiger partial charge is 0.481 e. The Morgan fingerprint density at radius 3 is 2.51 bits per heavy atom. The molecule has 3 aliphatic heterocycles. The van der Waals surface area contributed by atoms with E-state index >= 15 is 0 Å². The highest BCUT2D eigenvalue weighted by Gasteiger charge is 2.67. The number of carbonyl (C=O) groups excluding carboxylic acids is 1. The van der Waals surface area contributed by atoms with E-state index in [-0.39, 0.29) is 23.9 Å². The predicted octanol–water partition coefficient (Wildman–Crippen LogP) is 4.13. The van der Waals surface area contributed by atoms with E-state index in [0.29, 0.717) is 5.75 Å². The van der Waals surface area contributed by atoms with E-state index in [4.69, 9.17) is 18.4 Å². The van der Waals surface area contributed by atoms with Gasteiger partial charge in [-0.15, -0.1) is 0 Å². The third-order valence-corrected chi connectivity index (χ3v) is 11.2. The Kier molecular flexibility index (Phi) is 6.43. The van der Waals surface area contributed by atoms with E-state index < -0.39 is 45.8 Å². The van der Waals surface area contributed by atoms with E-state index in [1.807, 2.05) is 19.9 Å². The molecule has 0 N–H and O–H groups in total. The molecule has 6 unspecified atom stereocenters. The van der Waals surface area contributed by atoms with Crippen LogP contribution in [0.25, 0.3) is 0 Å². The van der Waals surface area contributed by atoms with Crippen molar-refractivity contribution in [2.75, 3.05) is 6.61 Å². The summed E-state index contributed by atoms with van der Waals surface area (Å²) in [7, 11) is -3.90. The lowest BCUT2D eigenvalue weighted by atomic mass is 9.94. The standard InChI is InChI=1S/C28H29O7S2/c1-17-13-21(36(19-9-5-3-6-10-19)20-11-7-4-8-12-20)14-18(2)25(17)32-16-24(29)34-26-22-15-23-27(33-22)28(26)35-37(23,30)31/h3,5-7,9-14,22-23,26-28H,4,8,15-16H2,1-2H3/q+1. The number of rotatable bonds is 7. The number of carbonyl (C=O) groups is 1. The first-order valence-corrected chi connectivity index (χ1v) is 15.2. The van der Waals surface area contributed by atoms with Crippen molar-refractivity contribution >= 4 is 27.0 Å². The van der Waals surface area contributed by atoms with Gasteiger partial charge < -0.3 is 14.2 Å². The van der Waals surface area contributed by atoms with Crippen LogP contribution in [-0.4, -0.2) is 50.7 Å². The van der Waals surface area contributed by atoms with Crippen molar-refractivity contribution in [3.63, 3.8) is 0 Å². The van der Waals surface area contributed by atoms with Crippen LogP contribution in [-0.2, 0) is 39.5 Å². The molecule has 3 heterocycles. The minimum absolute atomic E-state index is 0.241. The van der Waals surface area contributed by atoms with Crippen LogP contribution in [0.3, 0.4) is 0 Å². The average Bonchev–Trinajstić information content (AvgIpc) is 3.50. The molecular weight excluding hydrogens is 512 g/mol. The number of allylic oxidation sites excluding steroid dienone is 3. The smallest absolute Gasteiger partial charge is 0.344 e. The van der Waals surface area contributed by atoms with Crippen LogP contribution in [0.1, 0.15) is 30.4 Å². The second-order valence-corrected chi connectivity index (χ2v) is 13.6. The molecule has 3 saturated heterocycles. The molecule has 2 bridgehead atoms. The number of ether oxygens (including phenoxy) is 3. The maximum absolute atomic E-state index is 12.7. The van der Waals surface area contributed by atoms with Gasteiger partial charge >= 0.3 is 5.97 Å². The molecular formula is C28H29O7S2+. The van der Waals surface area contributed by atoms with Crippen LogP contribution in [0.4, 0.5) is 0 Å². The zero-order chi connectivity index (χ0) is 25.7. The molecule has 0 aromatic heterocycles. The molecule has 2 aromatic carbocycles. The lowest BCUT2D eigenvalue weighted by molar-refractivity contribution is -0.157. The molecule has 3 fully saturated rings. The van der Waals surface area contributed by atoms with Crippen molar-refractivity contribution in [1.29, 1.82) is 0 Å². The average molecular weight is 542 g/mol. The normalized spacial score (nSPS) is 29.7. The maximum atomic E-state index is 12.7. The monoisotopic (exact) mass is 541 g/mol. The van der Waals surface area contributed by atoms with E-state index in [0.717, 1.165) is 24.0 Å². The first-order chi connectivity index (χ1) is 17.8. The van der Waals surface area contributed by atoms with Crippen LogP contribution in [0.5, 0.6) is 5.75 Å². The van der Waals surface area contributed by atoms with Crippen LogP contribution in [0, 0.1) is 13.8 Å². The van der Waals surface area contributed by atoms with Gasteiger partial charge in [0.25, 0.3) is 10.1 Å². The summed E-state index contributed by atoms with van der Waals surface area (Å²) in [5.41, 5.74) is 1.88. The number of hydrogen-bond donors (Lipinski definition) is 0. The third-order valence-electron chi connectivity index (χ3n) is 7.24. The van der Waals surface area contributed by atoms with E-state index in [1.165, 1.54) is 14.7 Å². The van der Waals surface area contributed by atoms with Gasteiger partial charge in [0.15, 0.2) is 27.4 Å². The highest BCUT2D eigenvalue weighted by atomic mass is 32.2. The van der Waals surface area contributed by atoms with Gasteiger partial charge in [-0.25, -0.2) is 4.79 Å². The van der Waals surface area contributed by atoms with Crippen molar-refractivity contribution in [2.24, 2.45) is 0 Å². The topological polar surface area (TPSA) is 88.1 Å². The summed E-state index contributed by atoms with van der Waals surface area (Å²) in [6, 6.07) is 14.8. The Hall–Kier alpha value is -2.59. The predicted molar refractivity (Wildman–Crippen MR) is 139 cm³/mol. The summed E-state index contributed by atoms with van der Waals surface area (Å²) < 4.78 is 46.6. The number of esters is 1. The van der Waals surface area contributed by atoms with Crippen molar-refractivity contribution in [2.45, 2.75) is 72.6 Å². The molecule has 1 aliphatic carbocycles. The molecule has 37 heavy (non-hydrogen) atoms. The first-order valence-electron chi connectivity index (χ1n) is 12.5. The number of fused-ring (bicyclic) bond motifs is 1. The Morgan fingerprint density at radius 1 is 1.05 bits per heavy atom. The minimum Gasteiger partial charge on any atom is -0.481 e. The molecule has 0 spiro atoms. The molecule has 194 valence electrons. The fourth-order valence-electron chi connectivity index (χ4n) is 5.65. The number of hydrogen-bond acceptors (Lipinski definition) is 7. The van der Waals surface area contributed by atoms with Crippen LogP contribution in [0.2, 0.25) is 0 Å². The Morgan fingerprint density at radius 2 is 1.81 bits per heavy atom. The van der Waals surface area contributed by atoms with Gasteiger partial charge in [-0.05, 0) is 68.5 Å². The second kappa shape index (κ2) is 9.62. The molecule has 6 rings (SSSR count). The Labute approximate surface area is 219 Å². The Bertz CT molecular complexity index is 1360. The summed E-state index contributed by atoms with van der Waals surface area (Å²) in [5, 5.41) is -0.655. The lowest BCUT2D eigenvalue weighted by Crippen LogP contribution is -2.42. The van der Waals surface area contributed by atoms with Gasteiger partial charge in [0.05, 0.1) is 17.0 Å². The SMILES string of the molecule is Cc1cc([S+](C2=CCCC=C2)c2ccccc2)cc(C)c1OCC(=O)OC1C2CC3C(O2)C1OS3(=O)=O. The first kappa shape index (κ1) is 24.7. The zero-order valence-corrected chi connectivity index (χ0v) is 22.3. The number of benzene rings is 2. The third kappa shape index (κ3) is 4.52. The van der Waals surface area contributed by atoms with Gasteiger partial charge in [-0.3, -0.25) is 4.18 Å². The van der Waals surface area contributed by atoms with Gasteiger partial charge in [0.1, 0.15) is 23.2 Å². The molecule has 6 atom stereocenters. The van der Waals surface area contributed by atoms with E-state index in [9.17, 15) is 13.2 Å². The highest BCUT2D eigenvalue weighted by Crippen LogP contribution is 2.47. The van der Waals surface area contributed by atoms with Crippen molar-refractivity contribution in [1.82, 2.24) is 0 Å². The molecule has 2 aromatic rings. The van der Waals surface area contributed by atoms with Crippen LogP contribution < -0.4 is 4.74 Å². The minimum atomic E-state index is -3.66. The summed E-state index contributed by atoms with van der Waals surface area (Å²) in [6.45, 7) is 3.68. The molecule has 0 amide bonds. The molecule has 0 saturated carbocycles. The maximum Gasteiger partial charge on any atom is 0.344 e. The fourth-order valence-corrected chi connectivity index (χ4v) is 9.64. The quantitative estimate of drug-likeness (QED) is 0.296. The summed E-state index contributed by atoms with van der Waals surface area (Å²) in [5.74, 6) is 0.0736. The van der Waals surface area contributed by atoms with Gasteiger partial charge in [-0.1, -0.05) is 24.3 Å². The van der Waals surface area contributed by atoms with Gasteiger partial charge in [0, 0.05) is 12.1 Å². The Balaban J connectivity index is 1.17. The fraction of sp³-hybridized carbons (Fsp3) is 0.393.